The monoisotopic (exact) mass is 855 g/mol. The third-order valence-electron chi connectivity index (χ3n) is 10.1. The average Bonchev–Trinajstić information content (AvgIpc) is 3.30. The Bertz CT molecular complexity index is 2410. The highest BCUT2D eigenvalue weighted by Crippen LogP contribution is 2.26. The van der Waals surface area contributed by atoms with E-state index in [0.717, 1.165) is 109 Å². The van der Waals surface area contributed by atoms with E-state index >= 15 is 0 Å². The molecule has 14 nitrogen and oxygen atoms in total. The second-order valence-electron chi connectivity index (χ2n) is 15.1. The molecule has 4 N–H and O–H groups in total. The first-order chi connectivity index (χ1) is 30.3. The van der Waals surface area contributed by atoms with Crippen molar-refractivity contribution < 1.29 is 24.6 Å². The number of carbonyl (C=O) groups excluding carboxylic acids is 2. The molecule has 1 aliphatic heterocycles. The summed E-state index contributed by atoms with van der Waals surface area (Å²) in [4.78, 5) is 63.9. The number of fused-ring (bicyclic) bond motifs is 3. The maximum Gasteiger partial charge on any atom is 0.304 e. The zero-order valence-corrected chi connectivity index (χ0v) is 35.4. The van der Waals surface area contributed by atoms with Crippen molar-refractivity contribution in [2.24, 2.45) is 4.99 Å². The van der Waals surface area contributed by atoms with Crippen molar-refractivity contribution in [2.45, 2.75) is 110 Å². The topological polar surface area (TPSA) is 205 Å². The molecule has 0 radical (unpaired) electrons. The zero-order chi connectivity index (χ0) is 43.8. The lowest BCUT2D eigenvalue weighted by molar-refractivity contribution is -0.137. The van der Waals surface area contributed by atoms with Gasteiger partial charge >= 0.3 is 5.97 Å². The number of rotatable bonds is 18. The van der Waals surface area contributed by atoms with Gasteiger partial charge < -0.3 is 15.5 Å². The van der Waals surface area contributed by atoms with Crippen LogP contribution in [0.15, 0.2) is 102 Å². The molecular formula is C49H61N9O5. The Morgan fingerprint density at radius 3 is 1.89 bits per heavy atom. The third kappa shape index (κ3) is 17.4. The third-order valence-corrected chi connectivity index (χ3v) is 10.1. The summed E-state index contributed by atoms with van der Waals surface area (Å²) in [5, 5.41) is 25.1. The Hall–Kier alpha value is -6.54. The van der Waals surface area contributed by atoms with Crippen LogP contribution in [0.2, 0.25) is 0 Å². The number of carboxylic acids is 1. The highest BCUT2D eigenvalue weighted by Gasteiger charge is 2.18. The highest BCUT2D eigenvalue weighted by atomic mass is 16.4. The van der Waals surface area contributed by atoms with Crippen LogP contribution < -0.4 is 10.6 Å². The number of guanidine groups is 1. The van der Waals surface area contributed by atoms with Gasteiger partial charge in [0.15, 0.2) is 12.2 Å². The number of aliphatic carboxylic acids is 1. The number of carboxylic acid groups (broad SMARTS) is 1. The minimum atomic E-state index is -0.828. The summed E-state index contributed by atoms with van der Waals surface area (Å²) in [6, 6.07) is 22.8. The predicted octanol–water partition coefficient (Wildman–Crippen LogP) is 9.05. The van der Waals surface area contributed by atoms with Gasteiger partial charge in [0.2, 0.25) is 5.91 Å². The number of aliphatic hydroxyl groups is 1. The molecule has 6 aromatic rings. The Morgan fingerprint density at radius 1 is 0.730 bits per heavy atom. The number of carbonyl (C=O) groups is 3. The van der Waals surface area contributed by atoms with Gasteiger partial charge in [-0.1, -0.05) is 102 Å². The normalized spacial score (nSPS) is 13.0. The molecule has 0 saturated carbocycles. The highest BCUT2D eigenvalue weighted by molar-refractivity contribution is 5.97. The van der Waals surface area contributed by atoms with Crippen LogP contribution in [0.1, 0.15) is 126 Å². The number of aliphatic hydroxyl groups excluding tert-OH is 1. The van der Waals surface area contributed by atoms with Crippen molar-refractivity contribution in [3.8, 4) is 0 Å². The molecule has 0 spiro atoms. The summed E-state index contributed by atoms with van der Waals surface area (Å²) in [7, 11) is 0. The molecule has 0 aliphatic carbocycles. The van der Waals surface area contributed by atoms with Gasteiger partial charge in [0.05, 0.1) is 69.4 Å². The van der Waals surface area contributed by atoms with Crippen LogP contribution in [0.5, 0.6) is 0 Å². The second kappa shape index (κ2) is 27.4. The quantitative estimate of drug-likeness (QED) is 0.0472. The molecule has 3 aromatic heterocycles. The van der Waals surface area contributed by atoms with Crippen molar-refractivity contribution in [1.82, 2.24) is 40.5 Å². The van der Waals surface area contributed by atoms with Gasteiger partial charge in [-0.15, -0.1) is 0 Å². The minimum absolute atomic E-state index is 0. The Labute approximate surface area is 369 Å². The SMILES string of the molecule is C.CCCCCC[C@@H](O)/C=C/c1cnc2ccccc2n1.O=C(O)C[C@H](CCCCCCC(=O)NC1=NCCCN1)c1cnc2ccccc2n1.O=Cc1cnc2ccccc2n1. The van der Waals surface area contributed by atoms with Gasteiger partial charge in [0.1, 0.15) is 5.69 Å². The molecule has 0 unspecified atom stereocenters. The van der Waals surface area contributed by atoms with E-state index in [1.165, 1.54) is 25.5 Å². The fourth-order valence-electron chi connectivity index (χ4n) is 6.74. The summed E-state index contributed by atoms with van der Waals surface area (Å²) in [5.41, 5.74) is 6.82. The Kier molecular flexibility index (Phi) is 21.4. The molecule has 4 heterocycles. The molecule has 3 aromatic carbocycles. The molecule has 0 bridgehead atoms. The maximum absolute atomic E-state index is 12.0. The van der Waals surface area contributed by atoms with Gasteiger partial charge in [-0.3, -0.25) is 39.6 Å². The lowest BCUT2D eigenvalue weighted by Gasteiger charge is -2.15. The molecule has 1 aliphatic rings. The molecule has 63 heavy (non-hydrogen) atoms. The van der Waals surface area contributed by atoms with Gasteiger partial charge in [0.25, 0.3) is 0 Å². The van der Waals surface area contributed by atoms with Gasteiger partial charge in [0, 0.05) is 31.6 Å². The van der Waals surface area contributed by atoms with E-state index in [4.69, 9.17) is 0 Å². The van der Waals surface area contributed by atoms with E-state index in [0.29, 0.717) is 24.4 Å². The number of nitrogens with zero attached hydrogens (tertiary/aromatic N) is 7. The number of unbranched alkanes of at least 4 members (excludes halogenated alkanes) is 6. The van der Waals surface area contributed by atoms with E-state index in [-0.39, 0.29) is 31.8 Å². The molecule has 14 heteroatoms. The zero-order valence-electron chi connectivity index (χ0n) is 35.4. The van der Waals surface area contributed by atoms with Gasteiger partial charge in [-0.25, -0.2) is 15.0 Å². The number of aliphatic imine (C=N–C) groups is 1. The van der Waals surface area contributed by atoms with E-state index in [9.17, 15) is 24.6 Å². The van der Waals surface area contributed by atoms with E-state index in [2.05, 4.69) is 52.5 Å². The molecule has 0 fully saturated rings. The molecule has 2 atom stereocenters. The summed E-state index contributed by atoms with van der Waals surface area (Å²) in [6.45, 7) is 3.79. The number of nitrogens with one attached hydrogen (secondary N) is 2. The summed E-state index contributed by atoms with van der Waals surface area (Å²) in [5.74, 6) is -0.415. The number of para-hydroxylation sites is 6. The number of hydrogen-bond acceptors (Lipinski definition) is 12. The van der Waals surface area contributed by atoms with Crippen LogP contribution in [-0.2, 0) is 9.59 Å². The van der Waals surface area contributed by atoms with Crippen molar-refractivity contribution in [2.75, 3.05) is 13.1 Å². The smallest absolute Gasteiger partial charge is 0.304 e. The van der Waals surface area contributed by atoms with Gasteiger partial charge in [-0.05, 0) is 68.2 Å². The van der Waals surface area contributed by atoms with Crippen LogP contribution in [0.4, 0.5) is 0 Å². The van der Waals surface area contributed by atoms with Gasteiger partial charge in [-0.2, -0.15) is 0 Å². The van der Waals surface area contributed by atoms with Crippen molar-refractivity contribution >= 4 is 63.3 Å². The summed E-state index contributed by atoms with van der Waals surface area (Å²) in [6.07, 6.45) is 20.2. The Balaban J connectivity index is 0.000000226. The number of aldehydes is 1. The second-order valence-corrected chi connectivity index (χ2v) is 15.1. The standard InChI is InChI=1S/C22H29N5O3.C17H22N2O.C9H6N2O.CH4/c28-20(27-22-23-12-7-13-24-22)11-4-2-1-3-8-16(14-21(29)30)19-15-25-17-9-5-6-10-18(17)26-19;1-2-3-4-5-8-15(20)12-11-14-13-18-16-9-6-7-10-17(16)19-14;12-6-7-5-10-8-3-1-2-4-9(8)11-7;/h5-6,9-10,15-16H,1-4,7-8,11-14H2,(H,29,30)(H2,23,24,27,28);6-7,9-13,15,20H,2-5,8H2,1H3;1-6H;1H4/b;12-11+;;/t16-;15-;;/m01../s1. The number of amides is 1. The molecule has 1 amide bonds. The summed E-state index contributed by atoms with van der Waals surface area (Å²) >= 11 is 0. The average molecular weight is 856 g/mol. The van der Waals surface area contributed by atoms with E-state index in [1.807, 2.05) is 84.9 Å². The fourth-order valence-corrected chi connectivity index (χ4v) is 6.74. The van der Waals surface area contributed by atoms with E-state index in [1.54, 1.807) is 12.4 Å². The fraction of sp³-hybridized carbons (Fsp3) is 0.388. The first-order valence-corrected chi connectivity index (χ1v) is 21.6. The Morgan fingerprint density at radius 2 is 1.29 bits per heavy atom. The van der Waals surface area contributed by atoms with Crippen molar-refractivity contribution in [1.29, 1.82) is 0 Å². The lowest BCUT2D eigenvalue weighted by atomic mass is 9.94. The number of benzene rings is 3. The van der Waals surface area contributed by atoms with Crippen molar-refractivity contribution in [3.05, 3.63) is 115 Å². The molecule has 332 valence electrons. The predicted molar refractivity (Wildman–Crippen MR) is 250 cm³/mol. The first-order valence-electron chi connectivity index (χ1n) is 21.6. The minimum Gasteiger partial charge on any atom is -0.481 e. The lowest BCUT2D eigenvalue weighted by Crippen LogP contribution is -2.43. The molecule has 0 saturated heterocycles. The largest absolute Gasteiger partial charge is 0.481 e. The molecular weight excluding hydrogens is 795 g/mol. The van der Waals surface area contributed by atoms with Crippen LogP contribution in [0, 0.1) is 0 Å². The van der Waals surface area contributed by atoms with Crippen LogP contribution in [-0.4, -0.2) is 83.4 Å². The van der Waals surface area contributed by atoms with Crippen LogP contribution in [0.3, 0.4) is 0 Å². The van der Waals surface area contributed by atoms with Crippen LogP contribution >= 0.6 is 0 Å². The number of aromatic nitrogens is 6. The maximum atomic E-state index is 12.0. The van der Waals surface area contributed by atoms with E-state index < -0.39 is 5.97 Å². The summed E-state index contributed by atoms with van der Waals surface area (Å²) < 4.78 is 0. The van der Waals surface area contributed by atoms with Crippen LogP contribution in [0.25, 0.3) is 39.2 Å². The first kappa shape index (κ1) is 49.1. The molecule has 7 rings (SSSR count). The van der Waals surface area contributed by atoms with Crippen molar-refractivity contribution in [3.63, 3.8) is 0 Å². The number of hydrogen-bond donors (Lipinski definition) is 4.